The Kier molecular flexibility index (Phi) is 5.87. The lowest BCUT2D eigenvalue weighted by Gasteiger charge is -2.26. The first-order valence-corrected chi connectivity index (χ1v) is 9.58. The number of benzene rings is 2. The first kappa shape index (κ1) is 21.1. The molecule has 1 aliphatic rings. The van der Waals surface area contributed by atoms with Crippen molar-refractivity contribution in [1.82, 2.24) is 4.31 Å². The van der Waals surface area contributed by atoms with Gasteiger partial charge in [-0.25, -0.2) is 30.4 Å². The zero-order valence-corrected chi connectivity index (χ0v) is 15.3. The Labute approximate surface area is 161 Å². The van der Waals surface area contributed by atoms with E-state index in [9.17, 15) is 35.2 Å². The van der Waals surface area contributed by atoms with Crippen molar-refractivity contribution < 1.29 is 39.9 Å². The average Bonchev–Trinajstić information content (AvgIpc) is 2.71. The van der Waals surface area contributed by atoms with Crippen molar-refractivity contribution in [3.63, 3.8) is 0 Å². The summed E-state index contributed by atoms with van der Waals surface area (Å²) in [7, 11) is -4.26. The van der Waals surface area contributed by atoms with Gasteiger partial charge in [0.15, 0.2) is 23.3 Å². The van der Waals surface area contributed by atoms with Crippen LogP contribution in [0.1, 0.15) is 10.4 Å². The predicted molar refractivity (Wildman–Crippen MR) is 90.2 cm³/mol. The summed E-state index contributed by atoms with van der Waals surface area (Å²) in [6, 6.07) is 2.66. The second-order valence-electron chi connectivity index (χ2n) is 5.96. The maximum atomic E-state index is 14.1. The van der Waals surface area contributed by atoms with Gasteiger partial charge in [0.05, 0.1) is 18.8 Å². The minimum absolute atomic E-state index is 0.00228. The van der Waals surface area contributed by atoms with E-state index in [2.05, 4.69) is 0 Å². The number of carbonyl (C=O) groups excluding carboxylic acids is 1. The van der Waals surface area contributed by atoms with E-state index in [-0.39, 0.29) is 38.1 Å². The van der Waals surface area contributed by atoms with Gasteiger partial charge in [0.25, 0.3) is 5.91 Å². The normalized spacial score (nSPS) is 15.3. The maximum absolute atomic E-state index is 14.1. The van der Waals surface area contributed by atoms with Gasteiger partial charge in [-0.3, -0.25) is 4.79 Å². The van der Waals surface area contributed by atoms with E-state index in [0.717, 1.165) is 22.5 Å². The highest BCUT2D eigenvalue weighted by Gasteiger charge is 2.30. The summed E-state index contributed by atoms with van der Waals surface area (Å²) in [5.41, 5.74) is -1.43. The van der Waals surface area contributed by atoms with Crippen LogP contribution in [0.2, 0.25) is 0 Å². The highest BCUT2D eigenvalue weighted by Crippen LogP contribution is 2.25. The lowest BCUT2D eigenvalue weighted by molar-refractivity contribution is 0.0729. The summed E-state index contributed by atoms with van der Waals surface area (Å²) in [4.78, 5) is 11.4. The zero-order valence-electron chi connectivity index (χ0n) is 14.5. The van der Waals surface area contributed by atoms with Crippen LogP contribution in [0, 0.1) is 29.1 Å². The Morgan fingerprint density at radius 3 is 2.24 bits per heavy atom. The van der Waals surface area contributed by atoms with Crippen LogP contribution in [-0.4, -0.2) is 44.9 Å². The molecule has 0 bridgehead atoms. The van der Waals surface area contributed by atoms with Crippen LogP contribution < -0.4 is 5.32 Å². The maximum Gasteiger partial charge on any atom is 0.258 e. The lowest BCUT2D eigenvalue weighted by atomic mass is 10.1. The highest BCUT2D eigenvalue weighted by molar-refractivity contribution is 7.89. The molecule has 0 spiro atoms. The van der Waals surface area contributed by atoms with Crippen molar-refractivity contribution in [1.29, 1.82) is 0 Å². The number of sulfonamides is 1. The molecule has 0 saturated carbocycles. The third-order valence-electron chi connectivity index (χ3n) is 4.12. The first-order chi connectivity index (χ1) is 13.6. The first-order valence-electron chi connectivity index (χ1n) is 8.14. The molecule has 1 aliphatic heterocycles. The highest BCUT2D eigenvalue weighted by atomic mass is 32.2. The molecule has 2 aromatic rings. The number of amides is 1. The van der Waals surface area contributed by atoms with E-state index in [4.69, 9.17) is 4.74 Å². The number of anilines is 1. The minimum atomic E-state index is -4.26. The summed E-state index contributed by atoms with van der Waals surface area (Å²) < 4.78 is 98.8. The fraction of sp³-hybridized carbons (Fsp3) is 0.235. The van der Waals surface area contributed by atoms with E-state index in [1.165, 1.54) is 0 Å². The van der Waals surface area contributed by atoms with Gasteiger partial charge in [-0.15, -0.1) is 0 Å². The topological polar surface area (TPSA) is 75.7 Å². The van der Waals surface area contributed by atoms with Gasteiger partial charge in [0.1, 0.15) is 10.7 Å². The Morgan fingerprint density at radius 1 is 0.931 bits per heavy atom. The molecule has 1 heterocycles. The van der Waals surface area contributed by atoms with E-state index in [1.54, 1.807) is 0 Å². The van der Waals surface area contributed by atoms with Crippen LogP contribution in [0.25, 0.3) is 0 Å². The Morgan fingerprint density at radius 2 is 1.59 bits per heavy atom. The van der Waals surface area contributed by atoms with E-state index in [0.29, 0.717) is 0 Å². The fourth-order valence-corrected chi connectivity index (χ4v) is 4.14. The van der Waals surface area contributed by atoms with E-state index < -0.39 is 55.5 Å². The van der Waals surface area contributed by atoms with Crippen molar-refractivity contribution >= 4 is 21.6 Å². The molecule has 1 saturated heterocycles. The molecule has 0 atom stereocenters. The summed E-state index contributed by atoms with van der Waals surface area (Å²) in [5.74, 6) is -10.5. The van der Waals surface area contributed by atoms with Crippen LogP contribution in [-0.2, 0) is 14.8 Å². The molecule has 0 radical (unpaired) electrons. The lowest BCUT2D eigenvalue weighted by Crippen LogP contribution is -2.40. The molecule has 12 heteroatoms. The van der Waals surface area contributed by atoms with Crippen LogP contribution in [0.5, 0.6) is 0 Å². The third kappa shape index (κ3) is 4.09. The quantitative estimate of drug-likeness (QED) is 0.454. The minimum Gasteiger partial charge on any atom is -0.379 e. The molecule has 2 aromatic carbocycles. The molecule has 1 amide bonds. The van der Waals surface area contributed by atoms with Gasteiger partial charge in [-0.1, -0.05) is 0 Å². The van der Waals surface area contributed by atoms with E-state index in [1.807, 2.05) is 5.32 Å². The van der Waals surface area contributed by atoms with Crippen LogP contribution in [0.15, 0.2) is 29.2 Å². The number of ether oxygens (including phenoxy) is 1. The molecule has 1 N–H and O–H groups in total. The van der Waals surface area contributed by atoms with Gasteiger partial charge in [-0.2, -0.15) is 4.31 Å². The molecule has 29 heavy (non-hydrogen) atoms. The van der Waals surface area contributed by atoms with Gasteiger partial charge in [-0.05, 0) is 24.3 Å². The zero-order chi connectivity index (χ0) is 21.3. The largest absolute Gasteiger partial charge is 0.379 e. The molecule has 3 rings (SSSR count). The summed E-state index contributed by atoms with van der Waals surface area (Å²) in [6.07, 6.45) is 0. The number of rotatable bonds is 4. The van der Waals surface area contributed by atoms with Gasteiger partial charge in [0.2, 0.25) is 10.0 Å². The Hall–Kier alpha value is -2.57. The molecule has 1 fully saturated rings. The number of halogens is 5. The molecule has 6 nitrogen and oxygen atoms in total. The predicted octanol–water partition coefficient (Wildman–Crippen LogP) is 2.66. The van der Waals surface area contributed by atoms with Crippen LogP contribution in [0.4, 0.5) is 27.6 Å². The Balaban J connectivity index is 1.92. The number of nitrogens with one attached hydrogen (secondary N) is 1. The summed E-state index contributed by atoms with van der Waals surface area (Å²) >= 11 is 0. The number of hydrogen-bond donors (Lipinski definition) is 1. The van der Waals surface area contributed by atoms with Crippen molar-refractivity contribution in [2.45, 2.75) is 4.90 Å². The monoisotopic (exact) mass is 436 g/mol. The molecular formula is C17H13F5N2O4S. The van der Waals surface area contributed by atoms with Gasteiger partial charge >= 0.3 is 0 Å². The standard InChI is InChI=1S/C17H13F5N2O4S/c18-11-2-1-9(7-13(11)29(26,27)24-3-5-28-6-4-24)23-17(25)10-8-12(19)15(21)16(22)14(10)20/h1-2,7-8H,3-6H2,(H,23,25). The van der Waals surface area contributed by atoms with Crippen molar-refractivity contribution in [2.24, 2.45) is 0 Å². The number of carbonyl (C=O) groups is 1. The van der Waals surface area contributed by atoms with Crippen LogP contribution in [0.3, 0.4) is 0 Å². The van der Waals surface area contributed by atoms with Crippen molar-refractivity contribution in [3.05, 3.63) is 58.9 Å². The van der Waals surface area contributed by atoms with Gasteiger partial charge < -0.3 is 10.1 Å². The second kappa shape index (κ2) is 8.05. The molecule has 156 valence electrons. The average molecular weight is 436 g/mol. The van der Waals surface area contributed by atoms with Crippen LogP contribution >= 0.6 is 0 Å². The molecular weight excluding hydrogens is 423 g/mol. The second-order valence-corrected chi connectivity index (χ2v) is 7.87. The number of morpholine rings is 1. The molecule has 0 aliphatic carbocycles. The summed E-state index contributed by atoms with van der Waals surface area (Å²) in [5, 5.41) is 2.01. The number of hydrogen-bond acceptors (Lipinski definition) is 4. The van der Waals surface area contributed by atoms with Crippen molar-refractivity contribution in [3.8, 4) is 0 Å². The SMILES string of the molecule is O=C(Nc1ccc(F)c(S(=O)(=O)N2CCOCC2)c1)c1cc(F)c(F)c(F)c1F. The van der Waals surface area contributed by atoms with Gasteiger partial charge in [0, 0.05) is 18.8 Å². The fourth-order valence-electron chi connectivity index (χ4n) is 2.64. The number of nitrogens with zero attached hydrogens (tertiary/aromatic N) is 1. The van der Waals surface area contributed by atoms with Crippen molar-refractivity contribution in [2.75, 3.05) is 31.6 Å². The smallest absolute Gasteiger partial charge is 0.258 e. The van der Waals surface area contributed by atoms with E-state index >= 15 is 0 Å². The summed E-state index contributed by atoms with van der Waals surface area (Å²) in [6.45, 7) is 0.242. The molecule has 0 aromatic heterocycles. The Bertz CT molecular complexity index is 1070. The third-order valence-corrected chi connectivity index (χ3v) is 6.04. The molecule has 0 unspecified atom stereocenters.